The molecule has 5 nitrogen and oxygen atoms in total. The Hall–Kier alpha value is -1.40. The SMILES string of the molecule is CSc1nnc(CCCNCc2cccnc2)n1CC(C)C. The minimum Gasteiger partial charge on any atom is -0.313 e. The quantitative estimate of drug-likeness (QED) is 0.569. The zero-order valence-corrected chi connectivity index (χ0v) is 14.4. The summed E-state index contributed by atoms with van der Waals surface area (Å²) in [5.41, 5.74) is 1.22. The van der Waals surface area contributed by atoms with Crippen LogP contribution in [0.1, 0.15) is 31.7 Å². The molecule has 22 heavy (non-hydrogen) atoms. The van der Waals surface area contributed by atoms with E-state index < -0.39 is 0 Å². The predicted octanol–water partition coefficient (Wildman–Crippen LogP) is 2.77. The summed E-state index contributed by atoms with van der Waals surface area (Å²) in [6.07, 6.45) is 7.77. The Bertz CT molecular complexity index is 553. The van der Waals surface area contributed by atoms with Crippen molar-refractivity contribution in [1.82, 2.24) is 25.1 Å². The van der Waals surface area contributed by atoms with Crippen LogP contribution < -0.4 is 5.32 Å². The molecule has 0 saturated carbocycles. The van der Waals surface area contributed by atoms with E-state index in [0.29, 0.717) is 5.92 Å². The molecule has 2 rings (SSSR count). The number of aryl methyl sites for hydroxylation is 1. The van der Waals surface area contributed by atoms with Crippen molar-refractivity contribution in [3.63, 3.8) is 0 Å². The number of rotatable bonds is 9. The van der Waals surface area contributed by atoms with Crippen molar-refractivity contribution in [3.05, 3.63) is 35.9 Å². The molecule has 0 fully saturated rings. The summed E-state index contributed by atoms with van der Waals surface area (Å²) in [6, 6.07) is 4.05. The largest absolute Gasteiger partial charge is 0.313 e. The van der Waals surface area contributed by atoms with Crippen LogP contribution in [0.5, 0.6) is 0 Å². The molecule has 0 atom stereocenters. The fraction of sp³-hybridized carbons (Fsp3) is 0.562. The van der Waals surface area contributed by atoms with Gasteiger partial charge >= 0.3 is 0 Å². The van der Waals surface area contributed by atoms with Gasteiger partial charge in [0.05, 0.1) is 0 Å². The third-order valence-electron chi connectivity index (χ3n) is 3.33. The van der Waals surface area contributed by atoms with E-state index in [-0.39, 0.29) is 0 Å². The molecule has 0 saturated heterocycles. The Morgan fingerprint density at radius 2 is 2.18 bits per heavy atom. The smallest absolute Gasteiger partial charge is 0.190 e. The molecule has 0 spiro atoms. The van der Waals surface area contributed by atoms with Crippen LogP contribution in [0, 0.1) is 5.92 Å². The monoisotopic (exact) mass is 319 g/mol. The van der Waals surface area contributed by atoms with Crippen LogP contribution in [-0.4, -0.2) is 32.5 Å². The van der Waals surface area contributed by atoms with Gasteiger partial charge in [0, 0.05) is 31.9 Å². The number of pyridine rings is 1. The second-order valence-corrected chi connectivity index (χ2v) is 6.52. The summed E-state index contributed by atoms with van der Waals surface area (Å²) in [6.45, 7) is 7.27. The van der Waals surface area contributed by atoms with Crippen molar-refractivity contribution in [2.75, 3.05) is 12.8 Å². The van der Waals surface area contributed by atoms with Gasteiger partial charge in [0.15, 0.2) is 5.16 Å². The number of hydrogen-bond donors (Lipinski definition) is 1. The van der Waals surface area contributed by atoms with Gasteiger partial charge in [-0.15, -0.1) is 10.2 Å². The maximum Gasteiger partial charge on any atom is 0.190 e. The van der Waals surface area contributed by atoms with Crippen molar-refractivity contribution < 1.29 is 0 Å². The molecule has 0 aliphatic carbocycles. The molecule has 120 valence electrons. The fourth-order valence-corrected chi connectivity index (χ4v) is 2.83. The van der Waals surface area contributed by atoms with Crippen molar-refractivity contribution in [1.29, 1.82) is 0 Å². The molecule has 2 heterocycles. The van der Waals surface area contributed by atoms with E-state index in [2.05, 4.69) is 51.2 Å². The molecule has 0 radical (unpaired) electrons. The van der Waals surface area contributed by atoms with Gasteiger partial charge in [-0.25, -0.2) is 0 Å². The lowest BCUT2D eigenvalue weighted by Crippen LogP contribution is -2.17. The molecule has 0 aliphatic rings. The van der Waals surface area contributed by atoms with E-state index >= 15 is 0 Å². The van der Waals surface area contributed by atoms with Gasteiger partial charge in [-0.2, -0.15) is 0 Å². The van der Waals surface area contributed by atoms with Crippen LogP contribution in [-0.2, 0) is 19.5 Å². The lowest BCUT2D eigenvalue weighted by Gasteiger charge is -2.11. The Morgan fingerprint density at radius 3 is 2.86 bits per heavy atom. The van der Waals surface area contributed by atoms with E-state index in [9.17, 15) is 0 Å². The zero-order chi connectivity index (χ0) is 15.8. The van der Waals surface area contributed by atoms with Crippen LogP contribution in [0.3, 0.4) is 0 Å². The van der Waals surface area contributed by atoms with E-state index in [4.69, 9.17) is 0 Å². The average Bonchev–Trinajstić information content (AvgIpc) is 2.89. The van der Waals surface area contributed by atoms with E-state index in [1.807, 2.05) is 12.3 Å². The number of hydrogen-bond acceptors (Lipinski definition) is 5. The Labute approximate surface area is 136 Å². The minimum atomic E-state index is 0.601. The van der Waals surface area contributed by atoms with Crippen LogP contribution >= 0.6 is 11.8 Å². The molecule has 0 aliphatic heterocycles. The molecule has 1 N–H and O–H groups in total. The highest BCUT2D eigenvalue weighted by Crippen LogP contribution is 2.16. The van der Waals surface area contributed by atoms with Crippen LogP contribution in [0.2, 0.25) is 0 Å². The maximum absolute atomic E-state index is 4.35. The summed E-state index contributed by atoms with van der Waals surface area (Å²) in [5, 5.41) is 13.1. The van der Waals surface area contributed by atoms with Crippen LogP contribution in [0.25, 0.3) is 0 Å². The first-order valence-corrected chi connectivity index (χ1v) is 8.99. The number of aromatic nitrogens is 4. The third-order valence-corrected chi connectivity index (χ3v) is 4.00. The third kappa shape index (κ3) is 5.10. The first-order chi connectivity index (χ1) is 10.7. The van der Waals surface area contributed by atoms with E-state index in [0.717, 1.165) is 43.5 Å². The summed E-state index contributed by atoms with van der Waals surface area (Å²) in [4.78, 5) is 4.12. The van der Waals surface area contributed by atoms with Gasteiger partial charge < -0.3 is 9.88 Å². The van der Waals surface area contributed by atoms with Gasteiger partial charge in [-0.05, 0) is 36.8 Å². The summed E-state index contributed by atoms with van der Waals surface area (Å²) < 4.78 is 2.26. The highest BCUT2D eigenvalue weighted by Gasteiger charge is 2.12. The van der Waals surface area contributed by atoms with Crippen molar-refractivity contribution in [2.24, 2.45) is 5.92 Å². The molecule has 0 aromatic carbocycles. The zero-order valence-electron chi connectivity index (χ0n) is 13.6. The highest BCUT2D eigenvalue weighted by molar-refractivity contribution is 7.98. The van der Waals surface area contributed by atoms with Gasteiger partial charge in [-0.3, -0.25) is 4.98 Å². The molecule has 0 unspecified atom stereocenters. The fourth-order valence-electron chi connectivity index (χ4n) is 2.31. The summed E-state index contributed by atoms with van der Waals surface area (Å²) >= 11 is 1.67. The number of thioether (sulfide) groups is 1. The van der Waals surface area contributed by atoms with Crippen molar-refractivity contribution >= 4 is 11.8 Å². The standard InChI is InChI=1S/C16H25N5S/c1-13(2)12-21-15(19-20-16(21)22-3)7-5-9-18-11-14-6-4-8-17-10-14/h4,6,8,10,13,18H,5,7,9,11-12H2,1-3H3. The second kappa shape index (κ2) is 8.90. The lowest BCUT2D eigenvalue weighted by molar-refractivity contribution is 0.475. The van der Waals surface area contributed by atoms with Gasteiger partial charge in [0.25, 0.3) is 0 Å². The van der Waals surface area contributed by atoms with Crippen molar-refractivity contribution in [3.8, 4) is 0 Å². The van der Waals surface area contributed by atoms with Gasteiger partial charge in [0.1, 0.15) is 5.82 Å². The first-order valence-electron chi connectivity index (χ1n) is 7.76. The van der Waals surface area contributed by atoms with Gasteiger partial charge in [0.2, 0.25) is 0 Å². The van der Waals surface area contributed by atoms with E-state index in [1.165, 1.54) is 5.56 Å². The number of nitrogens with one attached hydrogen (secondary N) is 1. The molecule has 0 bridgehead atoms. The van der Waals surface area contributed by atoms with Crippen LogP contribution in [0.4, 0.5) is 0 Å². The van der Waals surface area contributed by atoms with E-state index in [1.54, 1.807) is 18.0 Å². The number of nitrogens with zero attached hydrogens (tertiary/aromatic N) is 4. The summed E-state index contributed by atoms with van der Waals surface area (Å²) in [5.74, 6) is 1.70. The molecule has 2 aromatic rings. The van der Waals surface area contributed by atoms with Gasteiger partial charge in [-0.1, -0.05) is 31.7 Å². The second-order valence-electron chi connectivity index (χ2n) is 5.75. The minimum absolute atomic E-state index is 0.601. The first kappa shape index (κ1) is 17.0. The Morgan fingerprint density at radius 1 is 1.32 bits per heavy atom. The normalized spacial score (nSPS) is 11.3. The average molecular weight is 319 g/mol. The highest BCUT2D eigenvalue weighted by atomic mass is 32.2. The topological polar surface area (TPSA) is 55.6 Å². The molecular weight excluding hydrogens is 294 g/mol. The lowest BCUT2D eigenvalue weighted by atomic mass is 10.2. The molecule has 0 amide bonds. The van der Waals surface area contributed by atoms with Crippen molar-refractivity contribution in [2.45, 2.75) is 44.9 Å². The molecule has 2 aromatic heterocycles. The Balaban J connectivity index is 1.78. The molecule has 6 heteroatoms. The van der Waals surface area contributed by atoms with Crippen LogP contribution in [0.15, 0.2) is 29.7 Å². The summed E-state index contributed by atoms with van der Waals surface area (Å²) in [7, 11) is 0. The molecular formula is C16H25N5S. The maximum atomic E-state index is 4.35. The predicted molar refractivity (Wildman–Crippen MR) is 90.9 cm³/mol. The Kier molecular flexibility index (Phi) is 6.86.